The summed E-state index contributed by atoms with van der Waals surface area (Å²) in [5, 5.41) is 2.94. The smallest absolute Gasteiger partial charge is 0.219 e. The number of sulfone groups is 1. The lowest BCUT2D eigenvalue weighted by molar-refractivity contribution is -0.127. The van der Waals surface area contributed by atoms with Gasteiger partial charge in [-0.15, -0.1) is 11.3 Å². The maximum Gasteiger partial charge on any atom is 0.219 e. The molecule has 1 atom stereocenters. The zero-order chi connectivity index (χ0) is 19.6. The van der Waals surface area contributed by atoms with Crippen LogP contribution in [0.1, 0.15) is 19.0 Å². The van der Waals surface area contributed by atoms with E-state index in [1.165, 1.54) is 6.26 Å². The van der Waals surface area contributed by atoms with Gasteiger partial charge < -0.3 is 9.80 Å². The molecule has 27 heavy (non-hydrogen) atoms. The summed E-state index contributed by atoms with van der Waals surface area (Å²) >= 11 is 1.56. The van der Waals surface area contributed by atoms with Crippen LogP contribution in [0.15, 0.2) is 34.5 Å². The Labute approximate surface area is 164 Å². The van der Waals surface area contributed by atoms with Crippen molar-refractivity contribution in [2.24, 2.45) is 5.92 Å². The second-order valence-corrected chi connectivity index (χ2v) is 10.1. The monoisotopic (exact) mass is 407 g/mol. The van der Waals surface area contributed by atoms with E-state index >= 15 is 0 Å². The molecule has 6 nitrogen and oxygen atoms in total. The fraction of sp³-hybridized carbons (Fsp3) is 0.474. The van der Waals surface area contributed by atoms with Crippen LogP contribution in [-0.2, 0) is 21.2 Å². The van der Waals surface area contributed by atoms with Gasteiger partial charge in [-0.25, -0.2) is 13.4 Å². The molecule has 1 aliphatic heterocycles. The third kappa shape index (κ3) is 5.15. The Bertz CT molecular complexity index is 907. The van der Waals surface area contributed by atoms with Gasteiger partial charge in [0.15, 0.2) is 9.84 Å². The van der Waals surface area contributed by atoms with Crippen LogP contribution in [0.3, 0.4) is 0 Å². The Hall–Kier alpha value is -1.77. The van der Waals surface area contributed by atoms with Gasteiger partial charge in [0.2, 0.25) is 5.91 Å². The number of carbonyl (C=O) groups excluding carboxylic acids is 1. The molecule has 1 unspecified atom stereocenters. The van der Waals surface area contributed by atoms with E-state index in [0.717, 1.165) is 48.9 Å². The summed E-state index contributed by atoms with van der Waals surface area (Å²) in [6, 6.07) is 6.85. The molecule has 1 saturated heterocycles. The zero-order valence-corrected chi connectivity index (χ0v) is 17.5. The first-order chi connectivity index (χ1) is 12.7. The van der Waals surface area contributed by atoms with E-state index in [1.807, 2.05) is 10.3 Å². The number of thiazole rings is 1. The van der Waals surface area contributed by atoms with Gasteiger partial charge in [0, 0.05) is 50.3 Å². The van der Waals surface area contributed by atoms with Crippen LogP contribution < -0.4 is 0 Å². The summed E-state index contributed by atoms with van der Waals surface area (Å²) in [5.74, 6) is 0.673. The fourth-order valence-electron chi connectivity index (χ4n) is 3.41. The molecule has 1 fully saturated rings. The average Bonchev–Trinajstić information content (AvgIpc) is 3.24. The minimum atomic E-state index is -3.18. The lowest BCUT2D eigenvalue weighted by Gasteiger charge is -2.20. The van der Waals surface area contributed by atoms with Crippen LogP contribution in [-0.4, -0.2) is 62.0 Å². The molecular weight excluding hydrogens is 382 g/mol. The van der Waals surface area contributed by atoms with Gasteiger partial charge in [0.25, 0.3) is 0 Å². The van der Waals surface area contributed by atoms with E-state index in [0.29, 0.717) is 10.8 Å². The number of nitrogens with zero attached hydrogens (tertiary/aromatic N) is 3. The molecule has 1 aromatic heterocycles. The Morgan fingerprint density at radius 2 is 2.04 bits per heavy atom. The second kappa shape index (κ2) is 8.08. The number of benzene rings is 1. The number of carbonyl (C=O) groups is 1. The summed E-state index contributed by atoms with van der Waals surface area (Å²) in [6.45, 7) is 5.03. The number of hydrogen-bond acceptors (Lipinski definition) is 6. The molecule has 1 aromatic carbocycles. The highest BCUT2D eigenvalue weighted by Gasteiger charge is 2.25. The van der Waals surface area contributed by atoms with Crippen molar-refractivity contribution < 1.29 is 13.2 Å². The molecule has 146 valence electrons. The highest BCUT2D eigenvalue weighted by molar-refractivity contribution is 7.90. The van der Waals surface area contributed by atoms with Crippen LogP contribution in [0.4, 0.5) is 0 Å². The third-order valence-electron chi connectivity index (χ3n) is 4.81. The van der Waals surface area contributed by atoms with Gasteiger partial charge in [-0.1, -0.05) is 12.1 Å². The van der Waals surface area contributed by atoms with Crippen molar-refractivity contribution >= 4 is 27.1 Å². The van der Waals surface area contributed by atoms with Crippen molar-refractivity contribution in [1.29, 1.82) is 0 Å². The van der Waals surface area contributed by atoms with Gasteiger partial charge in [-0.3, -0.25) is 4.79 Å². The SMILES string of the molecule is CC(=O)N1CCC(CN(C)Cc2csc(-c3ccc(S(C)(=O)=O)cc3)n2)C1. The maximum absolute atomic E-state index is 11.6. The number of aromatic nitrogens is 1. The maximum atomic E-state index is 11.6. The van der Waals surface area contributed by atoms with Crippen LogP contribution in [0.5, 0.6) is 0 Å². The Balaban J connectivity index is 1.58. The predicted octanol–water partition coefficient (Wildman–Crippen LogP) is 2.51. The van der Waals surface area contributed by atoms with Gasteiger partial charge in [-0.2, -0.15) is 0 Å². The summed E-state index contributed by atoms with van der Waals surface area (Å²) in [7, 11) is -1.10. The molecule has 2 aromatic rings. The van der Waals surface area contributed by atoms with Crippen LogP contribution in [0.25, 0.3) is 10.6 Å². The van der Waals surface area contributed by atoms with Gasteiger partial charge in [-0.05, 0) is 31.5 Å². The van der Waals surface area contributed by atoms with Crippen LogP contribution >= 0.6 is 11.3 Å². The number of hydrogen-bond donors (Lipinski definition) is 0. The number of rotatable bonds is 6. The molecule has 3 rings (SSSR count). The van der Waals surface area contributed by atoms with E-state index in [1.54, 1.807) is 42.5 Å². The second-order valence-electron chi connectivity index (χ2n) is 7.26. The average molecular weight is 408 g/mol. The fourth-order valence-corrected chi connectivity index (χ4v) is 4.85. The molecule has 2 heterocycles. The molecule has 1 aliphatic rings. The lowest BCUT2D eigenvalue weighted by Crippen LogP contribution is -2.30. The first-order valence-electron chi connectivity index (χ1n) is 8.91. The molecule has 0 N–H and O–H groups in total. The standard InChI is InChI=1S/C19H25N3O3S2/c1-14(23)22-9-8-15(11-22)10-21(2)12-17-13-26-19(20-17)16-4-6-18(7-5-16)27(3,24)25/h4-7,13,15H,8-12H2,1-3H3. The molecule has 8 heteroatoms. The normalized spacial score (nSPS) is 17.6. The Morgan fingerprint density at radius 3 is 2.63 bits per heavy atom. The van der Waals surface area contributed by atoms with E-state index in [2.05, 4.69) is 11.9 Å². The third-order valence-corrected chi connectivity index (χ3v) is 6.88. The summed E-state index contributed by atoms with van der Waals surface area (Å²) < 4.78 is 23.1. The summed E-state index contributed by atoms with van der Waals surface area (Å²) in [5.41, 5.74) is 1.93. The quantitative estimate of drug-likeness (QED) is 0.736. The minimum absolute atomic E-state index is 0.159. The van der Waals surface area contributed by atoms with Gasteiger partial charge in [0.05, 0.1) is 10.6 Å². The first kappa shape index (κ1) is 20.0. The molecule has 0 radical (unpaired) electrons. The van der Waals surface area contributed by atoms with Gasteiger partial charge in [0.1, 0.15) is 5.01 Å². The van der Waals surface area contributed by atoms with Crippen molar-refractivity contribution in [1.82, 2.24) is 14.8 Å². The summed E-state index contributed by atoms with van der Waals surface area (Å²) in [4.78, 5) is 20.6. The highest BCUT2D eigenvalue weighted by atomic mass is 32.2. The molecule has 0 bridgehead atoms. The molecule has 0 spiro atoms. The van der Waals surface area contributed by atoms with Crippen LogP contribution in [0, 0.1) is 5.92 Å². The van der Waals surface area contributed by atoms with Crippen molar-refractivity contribution in [2.75, 3.05) is 32.9 Å². The van der Waals surface area contributed by atoms with E-state index in [9.17, 15) is 13.2 Å². The van der Waals surface area contributed by atoms with E-state index in [-0.39, 0.29) is 5.91 Å². The number of likely N-dealkylation sites (tertiary alicyclic amines) is 1. The molecule has 0 saturated carbocycles. The Kier molecular flexibility index (Phi) is 5.98. The van der Waals surface area contributed by atoms with Crippen molar-refractivity contribution in [3.8, 4) is 10.6 Å². The van der Waals surface area contributed by atoms with Crippen molar-refractivity contribution in [3.05, 3.63) is 35.3 Å². The van der Waals surface area contributed by atoms with Gasteiger partial charge >= 0.3 is 0 Å². The first-order valence-corrected chi connectivity index (χ1v) is 11.7. The lowest BCUT2D eigenvalue weighted by atomic mass is 10.1. The largest absolute Gasteiger partial charge is 0.343 e. The molecule has 0 aliphatic carbocycles. The molecule has 1 amide bonds. The Morgan fingerprint density at radius 1 is 1.33 bits per heavy atom. The van der Waals surface area contributed by atoms with Crippen LogP contribution in [0.2, 0.25) is 0 Å². The zero-order valence-electron chi connectivity index (χ0n) is 15.9. The summed E-state index contributed by atoms with van der Waals surface area (Å²) in [6.07, 6.45) is 2.26. The van der Waals surface area contributed by atoms with E-state index in [4.69, 9.17) is 4.98 Å². The topological polar surface area (TPSA) is 70.6 Å². The highest BCUT2D eigenvalue weighted by Crippen LogP contribution is 2.26. The van der Waals surface area contributed by atoms with Crippen molar-refractivity contribution in [2.45, 2.75) is 24.8 Å². The van der Waals surface area contributed by atoms with E-state index < -0.39 is 9.84 Å². The molecular formula is C19H25N3O3S2. The number of amides is 1. The minimum Gasteiger partial charge on any atom is -0.343 e. The predicted molar refractivity (Wildman–Crippen MR) is 107 cm³/mol. The van der Waals surface area contributed by atoms with Crippen molar-refractivity contribution in [3.63, 3.8) is 0 Å².